The van der Waals surface area contributed by atoms with Crippen LogP contribution in [-0.4, -0.2) is 16.7 Å². The van der Waals surface area contributed by atoms with E-state index in [1.807, 2.05) is 12.1 Å². The molecule has 7 nitrogen and oxygen atoms in total. The molecule has 3 rings (SSSR count). The quantitative estimate of drug-likeness (QED) is 0.659. The van der Waals surface area contributed by atoms with Gasteiger partial charge in [-0.15, -0.1) is 0 Å². The first-order valence-electron chi connectivity index (χ1n) is 6.47. The first-order chi connectivity index (χ1) is 10.5. The van der Waals surface area contributed by atoms with E-state index < -0.39 is 4.92 Å². The van der Waals surface area contributed by atoms with Crippen molar-refractivity contribution in [1.82, 2.24) is 4.98 Å². The summed E-state index contributed by atoms with van der Waals surface area (Å²) in [5.74, 6) is 1.98. The molecule has 0 unspecified atom stereocenters. The zero-order valence-electron chi connectivity index (χ0n) is 11.6. The molecule has 1 N–H and O–H groups in total. The zero-order chi connectivity index (χ0) is 15.7. The molecule has 8 heteroatoms. The van der Waals surface area contributed by atoms with Gasteiger partial charge in [-0.2, -0.15) is 0 Å². The van der Waals surface area contributed by atoms with E-state index in [-0.39, 0.29) is 12.5 Å². The second-order valence-electron chi connectivity index (χ2n) is 4.78. The van der Waals surface area contributed by atoms with Crippen LogP contribution in [0.25, 0.3) is 0 Å². The highest BCUT2D eigenvalue weighted by atomic mass is 79.9. The number of hydrogen-bond acceptors (Lipinski definition) is 6. The molecule has 114 valence electrons. The molecule has 0 spiro atoms. The molecule has 1 aromatic heterocycles. The summed E-state index contributed by atoms with van der Waals surface area (Å²) in [6, 6.07) is 5.47. The molecule has 2 heterocycles. The summed E-state index contributed by atoms with van der Waals surface area (Å²) < 4.78 is 11.5. The minimum absolute atomic E-state index is 0.0105. The van der Waals surface area contributed by atoms with Crippen LogP contribution in [0, 0.1) is 17.0 Å². The Balaban J connectivity index is 1.74. The lowest BCUT2D eigenvalue weighted by Gasteiger charge is -2.08. The molecule has 0 amide bonds. The molecule has 0 fully saturated rings. The van der Waals surface area contributed by atoms with Gasteiger partial charge in [0, 0.05) is 12.1 Å². The molecule has 0 bridgehead atoms. The van der Waals surface area contributed by atoms with Crippen molar-refractivity contribution < 1.29 is 14.4 Å². The predicted molar refractivity (Wildman–Crippen MR) is 83.2 cm³/mol. The number of aromatic nitrogens is 1. The van der Waals surface area contributed by atoms with Crippen LogP contribution in [0.2, 0.25) is 0 Å². The lowest BCUT2D eigenvalue weighted by Crippen LogP contribution is -2.03. The Kier molecular flexibility index (Phi) is 3.84. The van der Waals surface area contributed by atoms with E-state index in [0.29, 0.717) is 29.4 Å². The third-order valence-electron chi connectivity index (χ3n) is 3.24. The fourth-order valence-electron chi connectivity index (χ4n) is 2.15. The van der Waals surface area contributed by atoms with E-state index in [1.54, 1.807) is 13.0 Å². The van der Waals surface area contributed by atoms with Crippen LogP contribution < -0.4 is 14.8 Å². The molecule has 0 saturated carbocycles. The molecule has 1 aliphatic rings. The Morgan fingerprint density at radius 1 is 1.41 bits per heavy atom. The molecule has 2 aromatic rings. The first kappa shape index (κ1) is 14.6. The van der Waals surface area contributed by atoms with Gasteiger partial charge in [0.05, 0.1) is 9.40 Å². The molecular weight excluding hydrogens is 354 g/mol. The van der Waals surface area contributed by atoms with Crippen molar-refractivity contribution in [3.8, 4) is 11.5 Å². The largest absolute Gasteiger partial charge is 0.454 e. The maximum absolute atomic E-state index is 10.8. The van der Waals surface area contributed by atoms with Gasteiger partial charge in [0.25, 0.3) is 5.69 Å². The van der Waals surface area contributed by atoms with Crippen LogP contribution in [-0.2, 0) is 6.54 Å². The van der Waals surface area contributed by atoms with Gasteiger partial charge in [0.1, 0.15) is 12.0 Å². The topological polar surface area (TPSA) is 86.5 Å². The van der Waals surface area contributed by atoms with E-state index in [2.05, 4.69) is 26.2 Å². The molecular formula is C14H12BrN3O4. The molecule has 0 radical (unpaired) electrons. The summed E-state index contributed by atoms with van der Waals surface area (Å²) in [5, 5.41) is 13.9. The number of pyridine rings is 1. The minimum atomic E-state index is -0.443. The maximum Gasteiger partial charge on any atom is 0.290 e. The van der Waals surface area contributed by atoms with Crippen LogP contribution in [0.15, 0.2) is 28.9 Å². The summed E-state index contributed by atoms with van der Waals surface area (Å²) in [7, 11) is 0. The number of benzene rings is 1. The van der Waals surface area contributed by atoms with E-state index >= 15 is 0 Å². The van der Waals surface area contributed by atoms with Crippen molar-refractivity contribution in [1.29, 1.82) is 0 Å². The van der Waals surface area contributed by atoms with E-state index in [4.69, 9.17) is 9.47 Å². The highest BCUT2D eigenvalue weighted by molar-refractivity contribution is 9.10. The third kappa shape index (κ3) is 2.82. The number of halogens is 1. The number of fused-ring (bicyclic) bond motifs is 1. The number of nitro groups is 1. The molecule has 1 aromatic carbocycles. The fourth-order valence-corrected chi connectivity index (χ4v) is 2.76. The highest BCUT2D eigenvalue weighted by Crippen LogP contribution is 2.40. The molecule has 22 heavy (non-hydrogen) atoms. The summed E-state index contributed by atoms with van der Waals surface area (Å²) in [4.78, 5) is 14.4. The number of nitrogens with one attached hydrogen (secondary N) is 1. The summed E-state index contributed by atoms with van der Waals surface area (Å²) >= 11 is 3.44. The van der Waals surface area contributed by atoms with Crippen LogP contribution in [0.5, 0.6) is 11.5 Å². The number of hydrogen-bond donors (Lipinski definition) is 1. The number of rotatable bonds is 4. The maximum atomic E-state index is 10.8. The summed E-state index contributed by atoms with van der Waals surface area (Å²) in [5.41, 5.74) is 1.56. The minimum Gasteiger partial charge on any atom is -0.454 e. The van der Waals surface area contributed by atoms with Gasteiger partial charge < -0.3 is 14.8 Å². The van der Waals surface area contributed by atoms with Gasteiger partial charge >= 0.3 is 0 Å². The van der Waals surface area contributed by atoms with Crippen molar-refractivity contribution in [2.75, 3.05) is 12.1 Å². The van der Waals surface area contributed by atoms with Gasteiger partial charge in [-0.1, -0.05) is 0 Å². The van der Waals surface area contributed by atoms with Gasteiger partial charge in [0.15, 0.2) is 11.5 Å². The Bertz CT molecular complexity index is 751. The Morgan fingerprint density at radius 2 is 2.23 bits per heavy atom. The molecule has 1 aliphatic heterocycles. The number of ether oxygens (including phenoxy) is 2. The van der Waals surface area contributed by atoms with Crippen LogP contribution in [0.3, 0.4) is 0 Å². The van der Waals surface area contributed by atoms with Gasteiger partial charge in [-0.05, 0) is 46.6 Å². The number of anilines is 1. The Hall–Kier alpha value is -2.35. The van der Waals surface area contributed by atoms with Crippen molar-refractivity contribution in [3.63, 3.8) is 0 Å². The zero-order valence-corrected chi connectivity index (χ0v) is 13.2. The molecule has 0 atom stereocenters. The first-order valence-corrected chi connectivity index (χ1v) is 7.27. The molecule has 0 aliphatic carbocycles. The van der Waals surface area contributed by atoms with Crippen molar-refractivity contribution in [2.45, 2.75) is 13.5 Å². The Morgan fingerprint density at radius 3 is 2.95 bits per heavy atom. The van der Waals surface area contributed by atoms with Gasteiger partial charge in [-0.25, -0.2) is 4.98 Å². The predicted octanol–water partition coefficient (Wildman–Crippen LogP) is 3.40. The van der Waals surface area contributed by atoms with Crippen LogP contribution in [0.4, 0.5) is 11.5 Å². The van der Waals surface area contributed by atoms with Crippen LogP contribution in [0.1, 0.15) is 11.1 Å². The number of nitrogens with zero attached hydrogens (tertiary/aromatic N) is 2. The van der Waals surface area contributed by atoms with E-state index in [9.17, 15) is 10.1 Å². The Labute approximate surface area is 134 Å². The second kappa shape index (κ2) is 5.80. The van der Waals surface area contributed by atoms with Crippen LogP contribution >= 0.6 is 15.9 Å². The lowest BCUT2D eigenvalue weighted by atomic mass is 10.2. The average Bonchev–Trinajstić information content (AvgIpc) is 2.93. The lowest BCUT2D eigenvalue weighted by molar-refractivity contribution is -0.385. The highest BCUT2D eigenvalue weighted by Gasteiger charge is 2.18. The average molecular weight is 366 g/mol. The van der Waals surface area contributed by atoms with E-state index in [1.165, 1.54) is 6.20 Å². The standard InChI is InChI=1S/C14H12BrN3O4/c1-8-2-13(17-6-11(8)18(19)20)16-5-9-3-10(15)14-12(4-9)21-7-22-14/h2-4,6H,5,7H2,1H3,(H,16,17). The van der Waals surface area contributed by atoms with Crippen molar-refractivity contribution in [2.24, 2.45) is 0 Å². The summed E-state index contributed by atoms with van der Waals surface area (Å²) in [6.45, 7) is 2.41. The van der Waals surface area contributed by atoms with Crippen molar-refractivity contribution in [3.05, 3.63) is 50.1 Å². The third-order valence-corrected chi connectivity index (χ3v) is 3.83. The van der Waals surface area contributed by atoms with Crippen molar-refractivity contribution >= 4 is 27.4 Å². The SMILES string of the molecule is Cc1cc(NCc2cc(Br)c3c(c2)OCO3)ncc1[N+](=O)[O-]. The number of aryl methyl sites for hydroxylation is 1. The summed E-state index contributed by atoms with van der Waals surface area (Å²) in [6.07, 6.45) is 1.26. The van der Waals surface area contributed by atoms with E-state index in [0.717, 1.165) is 10.0 Å². The van der Waals surface area contributed by atoms with Gasteiger partial charge in [-0.3, -0.25) is 10.1 Å². The van der Waals surface area contributed by atoms with Gasteiger partial charge in [0.2, 0.25) is 6.79 Å². The molecule has 0 saturated heterocycles. The monoisotopic (exact) mass is 365 g/mol. The normalized spacial score (nSPS) is 12.3. The fraction of sp³-hybridized carbons (Fsp3) is 0.214. The smallest absolute Gasteiger partial charge is 0.290 e. The second-order valence-corrected chi connectivity index (χ2v) is 5.63.